The van der Waals surface area contributed by atoms with Crippen LogP contribution in [0.2, 0.25) is 0 Å². The highest BCUT2D eigenvalue weighted by Crippen LogP contribution is 2.58. The molecule has 0 spiro atoms. The van der Waals surface area contributed by atoms with E-state index in [1.165, 1.54) is 110 Å². The first-order valence-corrected chi connectivity index (χ1v) is 19.9. The summed E-state index contributed by atoms with van der Waals surface area (Å²) in [5.74, 6) is 0. The highest BCUT2D eigenvalue weighted by molar-refractivity contribution is 6.27. The summed E-state index contributed by atoms with van der Waals surface area (Å²) in [6.45, 7) is 33.2. The van der Waals surface area contributed by atoms with Crippen LogP contribution in [0.4, 0.5) is 0 Å². The van der Waals surface area contributed by atoms with Crippen molar-refractivity contribution in [3.8, 4) is 33.4 Å². The van der Waals surface area contributed by atoms with Crippen molar-refractivity contribution < 1.29 is 0 Å². The monoisotopic (exact) mass is 692 g/mol. The summed E-state index contributed by atoms with van der Waals surface area (Å²) < 4.78 is 0. The zero-order valence-corrected chi connectivity index (χ0v) is 34.6. The Morgan fingerprint density at radius 2 is 0.943 bits per heavy atom. The summed E-state index contributed by atoms with van der Waals surface area (Å²) in [5.41, 5.74) is 19.8. The van der Waals surface area contributed by atoms with Gasteiger partial charge < -0.3 is 0 Å². The molecule has 0 saturated carbocycles. The first-order valence-electron chi connectivity index (χ1n) is 19.9. The van der Waals surface area contributed by atoms with Crippen LogP contribution in [0.5, 0.6) is 0 Å². The molecule has 9 rings (SSSR count). The Hall–Kier alpha value is -4.42. The van der Waals surface area contributed by atoms with E-state index in [0.717, 1.165) is 0 Å². The van der Waals surface area contributed by atoms with Gasteiger partial charge in [-0.15, -0.1) is 0 Å². The molecule has 2 aliphatic carbocycles. The molecule has 0 amide bonds. The molecular weight excluding hydrogens is 637 g/mol. The van der Waals surface area contributed by atoms with E-state index in [1.807, 2.05) is 0 Å². The van der Waals surface area contributed by atoms with Crippen LogP contribution in [0.25, 0.3) is 65.7 Å². The Bertz CT molecular complexity index is 2680. The lowest BCUT2D eigenvalue weighted by molar-refractivity contribution is 0.580. The summed E-state index contributed by atoms with van der Waals surface area (Å²) in [6, 6.07) is 34.3. The smallest absolute Gasteiger partial charge is 0.0162 e. The third kappa shape index (κ3) is 4.66. The Morgan fingerprint density at radius 1 is 0.415 bits per heavy atom. The molecule has 268 valence electrons. The van der Waals surface area contributed by atoms with Crippen LogP contribution in [0.3, 0.4) is 0 Å². The van der Waals surface area contributed by atoms with Crippen LogP contribution in [0.1, 0.15) is 135 Å². The molecule has 0 saturated heterocycles. The van der Waals surface area contributed by atoms with Gasteiger partial charge in [0.25, 0.3) is 0 Å². The summed E-state index contributed by atoms with van der Waals surface area (Å²) in [6.07, 6.45) is 0. The molecule has 2 aliphatic rings. The Balaban J connectivity index is 1.30. The second kappa shape index (κ2) is 10.4. The number of fused-ring (bicyclic) bond motifs is 7. The van der Waals surface area contributed by atoms with Crippen molar-refractivity contribution in [2.24, 2.45) is 0 Å². The van der Waals surface area contributed by atoms with Gasteiger partial charge in [-0.25, -0.2) is 0 Å². The maximum Gasteiger partial charge on any atom is 0.0162 e. The van der Waals surface area contributed by atoms with E-state index in [9.17, 15) is 0 Å². The van der Waals surface area contributed by atoms with Gasteiger partial charge in [0.15, 0.2) is 0 Å². The van der Waals surface area contributed by atoms with Gasteiger partial charge in [-0.1, -0.05) is 163 Å². The summed E-state index contributed by atoms with van der Waals surface area (Å²) in [7, 11) is 0. The van der Waals surface area contributed by atoms with Gasteiger partial charge in [-0.05, 0) is 146 Å². The molecular formula is C53H56. The first kappa shape index (κ1) is 34.4. The molecule has 0 atom stereocenters. The van der Waals surface area contributed by atoms with Crippen LogP contribution < -0.4 is 0 Å². The Labute approximate surface area is 318 Å². The van der Waals surface area contributed by atoms with E-state index in [4.69, 9.17) is 0 Å². The van der Waals surface area contributed by atoms with Crippen molar-refractivity contribution in [1.29, 1.82) is 0 Å². The van der Waals surface area contributed by atoms with Crippen LogP contribution in [-0.2, 0) is 27.1 Å². The van der Waals surface area contributed by atoms with Gasteiger partial charge in [0, 0.05) is 10.8 Å². The minimum absolute atomic E-state index is 0.0267. The zero-order chi connectivity index (χ0) is 37.9. The standard InChI is InChI=1S/C53H56/c1-29-36-19-16-31-23-34(50(5,6)7)24-32-17-21-39(46(36)44(31)32)47-38-20-15-30(25-41(38)53(13,14)48(29)47)40-26-35(51(8,9)10)28-43-45(40)37-22-18-33(49(2,3)4)27-42(37)52(43,11)12/h15-28H,1-14H3. The number of rotatable bonds is 1. The van der Waals surface area contributed by atoms with E-state index >= 15 is 0 Å². The van der Waals surface area contributed by atoms with E-state index < -0.39 is 0 Å². The third-order valence-corrected chi connectivity index (χ3v) is 13.4. The molecule has 7 aromatic rings. The topological polar surface area (TPSA) is 0 Å². The number of hydrogen-bond acceptors (Lipinski definition) is 0. The molecule has 0 bridgehead atoms. The molecule has 0 fully saturated rings. The highest BCUT2D eigenvalue weighted by Gasteiger charge is 2.42. The third-order valence-electron chi connectivity index (χ3n) is 13.4. The second-order valence-electron chi connectivity index (χ2n) is 20.7. The van der Waals surface area contributed by atoms with Gasteiger partial charge >= 0.3 is 0 Å². The van der Waals surface area contributed by atoms with E-state index in [1.54, 1.807) is 0 Å². The van der Waals surface area contributed by atoms with Crippen molar-refractivity contribution in [1.82, 2.24) is 0 Å². The second-order valence-corrected chi connectivity index (χ2v) is 20.7. The van der Waals surface area contributed by atoms with Gasteiger partial charge in [-0.3, -0.25) is 0 Å². The van der Waals surface area contributed by atoms with E-state index in [2.05, 4.69) is 182 Å². The molecule has 0 radical (unpaired) electrons. The van der Waals surface area contributed by atoms with Crippen LogP contribution in [-0.4, -0.2) is 0 Å². The molecule has 53 heavy (non-hydrogen) atoms. The summed E-state index contributed by atoms with van der Waals surface area (Å²) in [5, 5.41) is 8.32. The van der Waals surface area contributed by atoms with E-state index in [-0.39, 0.29) is 27.1 Å². The minimum Gasteiger partial charge on any atom is -0.0579 e. The average molecular weight is 693 g/mol. The van der Waals surface area contributed by atoms with Gasteiger partial charge in [0.1, 0.15) is 0 Å². The lowest BCUT2D eigenvalue weighted by Crippen LogP contribution is -2.19. The van der Waals surface area contributed by atoms with Gasteiger partial charge in [-0.2, -0.15) is 0 Å². The first-order chi connectivity index (χ1) is 24.6. The Kier molecular flexibility index (Phi) is 6.75. The number of aryl methyl sites for hydroxylation is 1. The van der Waals surface area contributed by atoms with Crippen molar-refractivity contribution in [2.45, 2.75) is 124 Å². The van der Waals surface area contributed by atoms with E-state index in [0.29, 0.717) is 0 Å². The van der Waals surface area contributed by atoms with Crippen LogP contribution in [0.15, 0.2) is 84.9 Å². The fourth-order valence-electron chi connectivity index (χ4n) is 10.2. The fraction of sp³-hybridized carbons (Fsp3) is 0.358. The quantitative estimate of drug-likeness (QED) is 0.150. The van der Waals surface area contributed by atoms with Crippen molar-refractivity contribution >= 4 is 32.3 Å². The fourth-order valence-corrected chi connectivity index (χ4v) is 10.2. The van der Waals surface area contributed by atoms with Gasteiger partial charge in [0.05, 0.1) is 0 Å². The minimum atomic E-state index is -0.141. The Morgan fingerprint density at radius 3 is 1.57 bits per heavy atom. The zero-order valence-electron chi connectivity index (χ0n) is 34.6. The summed E-state index contributed by atoms with van der Waals surface area (Å²) in [4.78, 5) is 0. The van der Waals surface area contributed by atoms with Crippen molar-refractivity contribution in [2.75, 3.05) is 0 Å². The molecule has 0 N–H and O–H groups in total. The maximum atomic E-state index is 2.56. The normalized spacial score (nSPS) is 16.0. The lowest BCUT2D eigenvalue weighted by Gasteiger charge is -2.28. The molecule has 0 nitrogen and oxygen atoms in total. The predicted molar refractivity (Wildman–Crippen MR) is 232 cm³/mol. The number of hydrogen-bond donors (Lipinski definition) is 0. The van der Waals surface area contributed by atoms with Gasteiger partial charge in [0.2, 0.25) is 0 Å². The van der Waals surface area contributed by atoms with Crippen LogP contribution >= 0.6 is 0 Å². The molecule has 0 aliphatic heterocycles. The maximum absolute atomic E-state index is 2.56. The summed E-state index contributed by atoms with van der Waals surface area (Å²) >= 11 is 0. The van der Waals surface area contributed by atoms with Crippen LogP contribution in [0, 0.1) is 6.92 Å². The SMILES string of the molecule is Cc1c2c(c3ccc4cc(C(C)(C)C)cc5ccc1c3c54)-c1ccc(-c3cc(C(C)(C)C)cc4c3-c3ccc(C(C)(C)C)cc3C4(C)C)cc1C2(C)C. The van der Waals surface area contributed by atoms with Crippen molar-refractivity contribution in [3.05, 3.63) is 129 Å². The molecule has 0 heterocycles. The molecule has 0 heteroatoms. The average Bonchev–Trinajstić information content (AvgIpc) is 3.45. The molecule has 0 unspecified atom stereocenters. The lowest BCUT2D eigenvalue weighted by atomic mass is 9.76. The largest absolute Gasteiger partial charge is 0.0579 e. The number of benzene rings is 7. The predicted octanol–water partition coefficient (Wildman–Crippen LogP) is 15.1. The molecule has 7 aromatic carbocycles. The molecule has 0 aromatic heterocycles. The van der Waals surface area contributed by atoms with Crippen molar-refractivity contribution in [3.63, 3.8) is 0 Å². The highest BCUT2D eigenvalue weighted by atomic mass is 14.4.